The molecule has 6 nitrogen and oxygen atoms in total. The molecule has 0 radical (unpaired) electrons. The lowest BCUT2D eigenvalue weighted by Gasteiger charge is -2.28. The lowest BCUT2D eigenvalue weighted by Crippen LogP contribution is -2.41. The van der Waals surface area contributed by atoms with Gasteiger partial charge in [-0.25, -0.2) is 4.79 Å². The van der Waals surface area contributed by atoms with Gasteiger partial charge < -0.3 is 10.6 Å². The molecule has 1 aliphatic heterocycles. The smallest absolute Gasteiger partial charge is 0.315 e. The topological polar surface area (TPSA) is 62.2 Å². The van der Waals surface area contributed by atoms with Crippen molar-refractivity contribution in [3.63, 3.8) is 0 Å². The average Bonchev–Trinajstić information content (AvgIpc) is 3.30. The minimum atomic E-state index is -0.127. The van der Waals surface area contributed by atoms with Gasteiger partial charge in [-0.1, -0.05) is 30.3 Å². The van der Waals surface area contributed by atoms with Crippen molar-refractivity contribution in [2.75, 3.05) is 19.6 Å². The number of hydrogen-bond acceptors (Lipinski definition) is 3. The van der Waals surface area contributed by atoms with Gasteiger partial charge in [0.15, 0.2) is 0 Å². The first-order chi connectivity index (χ1) is 13.1. The molecule has 1 atom stereocenters. The summed E-state index contributed by atoms with van der Waals surface area (Å²) in [4.78, 5) is 14.9. The molecule has 2 heterocycles. The van der Waals surface area contributed by atoms with Crippen LogP contribution in [0.2, 0.25) is 0 Å². The van der Waals surface area contributed by atoms with E-state index in [1.54, 1.807) is 0 Å². The van der Waals surface area contributed by atoms with Crippen molar-refractivity contribution in [1.82, 2.24) is 25.3 Å². The van der Waals surface area contributed by atoms with Gasteiger partial charge in [-0.2, -0.15) is 5.10 Å². The van der Waals surface area contributed by atoms with Gasteiger partial charge in [0.05, 0.1) is 11.7 Å². The molecule has 1 saturated heterocycles. The Balaban J connectivity index is 1.57. The first kappa shape index (κ1) is 19.4. The number of nitrogens with zero attached hydrogens (tertiary/aromatic N) is 3. The molecule has 2 amide bonds. The Hall–Kier alpha value is -2.34. The number of rotatable bonds is 7. The zero-order chi connectivity index (χ0) is 19.2. The predicted octanol–water partition coefficient (Wildman–Crippen LogP) is 3.16. The van der Waals surface area contributed by atoms with Gasteiger partial charge in [-0.05, 0) is 52.3 Å². The molecule has 0 aliphatic carbocycles. The molecule has 27 heavy (non-hydrogen) atoms. The minimum absolute atomic E-state index is 0.127. The van der Waals surface area contributed by atoms with Crippen molar-refractivity contribution in [1.29, 1.82) is 0 Å². The Kier molecular flexibility index (Phi) is 6.50. The summed E-state index contributed by atoms with van der Waals surface area (Å²) in [5.41, 5.74) is 4.46. The second-order valence-corrected chi connectivity index (χ2v) is 7.20. The fourth-order valence-corrected chi connectivity index (χ4v) is 3.90. The quantitative estimate of drug-likeness (QED) is 0.788. The number of amides is 2. The summed E-state index contributed by atoms with van der Waals surface area (Å²) in [5.74, 6) is 0. The molecule has 1 unspecified atom stereocenters. The Labute approximate surface area is 161 Å². The number of carbonyl (C=O) groups excluding carboxylic acids is 1. The molecule has 0 spiro atoms. The van der Waals surface area contributed by atoms with Crippen molar-refractivity contribution in [2.24, 2.45) is 0 Å². The summed E-state index contributed by atoms with van der Waals surface area (Å²) in [6, 6.07) is 10.6. The molecule has 0 saturated carbocycles. The summed E-state index contributed by atoms with van der Waals surface area (Å²) in [5, 5.41) is 10.6. The maximum atomic E-state index is 12.4. The molecule has 3 rings (SSSR count). The highest BCUT2D eigenvalue weighted by Gasteiger charge is 2.23. The molecule has 0 bridgehead atoms. The molecule has 1 aliphatic rings. The third-order valence-electron chi connectivity index (χ3n) is 5.48. The van der Waals surface area contributed by atoms with Gasteiger partial charge in [-0.15, -0.1) is 0 Å². The van der Waals surface area contributed by atoms with Gasteiger partial charge >= 0.3 is 6.03 Å². The first-order valence-electron chi connectivity index (χ1n) is 9.93. The van der Waals surface area contributed by atoms with Crippen LogP contribution < -0.4 is 10.6 Å². The van der Waals surface area contributed by atoms with E-state index >= 15 is 0 Å². The van der Waals surface area contributed by atoms with Crippen LogP contribution in [0.4, 0.5) is 4.79 Å². The van der Waals surface area contributed by atoms with E-state index in [1.165, 1.54) is 18.4 Å². The van der Waals surface area contributed by atoms with Crippen LogP contribution in [0.3, 0.4) is 0 Å². The fourth-order valence-electron chi connectivity index (χ4n) is 3.90. The van der Waals surface area contributed by atoms with Crippen molar-refractivity contribution < 1.29 is 4.79 Å². The zero-order valence-electron chi connectivity index (χ0n) is 16.7. The number of carbonyl (C=O) groups is 1. The highest BCUT2D eigenvalue weighted by Crippen LogP contribution is 2.24. The molecular weight excluding hydrogens is 338 g/mol. The molecule has 146 valence electrons. The molecule has 2 N–H and O–H groups in total. The van der Waals surface area contributed by atoms with Crippen molar-refractivity contribution >= 4 is 6.03 Å². The third-order valence-corrected chi connectivity index (χ3v) is 5.48. The van der Waals surface area contributed by atoms with E-state index in [1.807, 2.05) is 17.7 Å². The van der Waals surface area contributed by atoms with E-state index in [-0.39, 0.29) is 12.1 Å². The molecule has 1 fully saturated rings. The number of aromatic nitrogens is 2. The van der Waals surface area contributed by atoms with Crippen LogP contribution >= 0.6 is 0 Å². The maximum Gasteiger partial charge on any atom is 0.315 e. The van der Waals surface area contributed by atoms with E-state index in [2.05, 4.69) is 58.7 Å². The van der Waals surface area contributed by atoms with Gasteiger partial charge in [0.1, 0.15) is 0 Å². The Morgan fingerprint density at radius 3 is 2.48 bits per heavy atom. The number of aryl methyl sites for hydroxylation is 2. The van der Waals surface area contributed by atoms with Crippen LogP contribution in [0.1, 0.15) is 48.3 Å². The van der Waals surface area contributed by atoms with Gasteiger partial charge in [-0.3, -0.25) is 9.58 Å². The number of hydrogen-bond donors (Lipinski definition) is 2. The lowest BCUT2D eigenvalue weighted by molar-refractivity contribution is 0.220. The Bertz CT molecular complexity index is 749. The standard InChI is InChI=1S/C21H31N5O/c1-4-26-17(3)19(16(2)24-26)14-22-21(27)23-15-20(25-12-8-9-13-25)18-10-6-5-7-11-18/h5-7,10-11,20H,4,8-9,12-15H2,1-3H3,(H2,22,23,27). The van der Waals surface area contributed by atoms with Crippen LogP contribution in [-0.4, -0.2) is 40.3 Å². The summed E-state index contributed by atoms with van der Waals surface area (Å²) < 4.78 is 1.98. The van der Waals surface area contributed by atoms with E-state index in [9.17, 15) is 4.79 Å². The summed E-state index contributed by atoms with van der Waals surface area (Å²) in [7, 11) is 0. The minimum Gasteiger partial charge on any atom is -0.336 e. The monoisotopic (exact) mass is 369 g/mol. The molecule has 2 aromatic rings. The second-order valence-electron chi connectivity index (χ2n) is 7.20. The van der Waals surface area contributed by atoms with E-state index in [0.717, 1.165) is 36.6 Å². The lowest BCUT2D eigenvalue weighted by atomic mass is 10.1. The van der Waals surface area contributed by atoms with Crippen LogP contribution in [0.25, 0.3) is 0 Å². The number of benzene rings is 1. The van der Waals surface area contributed by atoms with Crippen LogP contribution in [0, 0.1) is 13.8 Å². The number of urea groups is 1. The summed E-state index contributed by atoms with van der Waals surface area (Å²) in [6.07, 6.45) is 2.46. The van der Waals surface area contributed by atoms with Crippen molar-refractivity contribution in [3.05, 3.63) is 52.8 Å². The van der Waals surface area contributed by atoms with E-state index < -0.39 is 0 Å². The highest BCUT2D eigenvalue weighted by molar-refractivity contribution is 5.74. The molecule has 6 heteroatoms. The molecule has 1 aromatic carbocycles. The van der Waals surface area contributed by atoms with Crippen molar-refractivity contribution in [3.8, 4) is 0 Å². The molecular formula is C21H31N5O. The van der Waals surface area contributed by atoms with E-state index in [4.69, 9.17) is 0 Å². The third kappa shape index (κ3) is 4.69. The summed E-state index contributed by atoms with van der Waals surface area (Å²) in [6.45, 7) is 10.3. The first-order valence-corrected chi connectivity index (χ1v) is 9.93. The predicted molar refractivity (Wildman–Crippen MR) is 108 cm³/mol. The highest BCUT2D eigenvalue weighted by atomic mass is 16.2. The molecule has 1 aromatic heterocycles. The zero-order valence-corrected chi connectivity index (χ0v) is 16.7. The van der Waals surface area contributed by atoms with Crippen LogP contribution in [-0.2, 0) is 13.1 Å². The average molecular weight is 370 g/mol. The Morgan fingerprint density at radius 2 is 1.85 bits per heavy atom. The Morgan fingerprint density at radius 1 is 1.15 bits per heavy atom. The van der Waals surface area contributed by atoms with Crippen molar-refractivity contribution in [2.45, 2.75) is 52.7 Å². The van der Waals surface area contributed by atoms with Crippen LogP contribution in [0.5, 0.6) is 0 Å². The van der Waals surface area contributed by atoms with Crippen LogP contribution in [0.15, 0.2) is 30.3 Å². The fraction of sp³-hybridized carbons (Fsp3) is 0.524. The van der Waals surface area contributed by atoms with Gasteiger partial charge in [0, 0.05) is 30.9 Å². The largest absolute Gasteiger partial charge is 0.336 e. The number of nitrogens with one attached hydrogen (secondary N) is 2. The van der Waals surface area contributed by atoms with Gasteiger partial charge in [0.25, 0.3) is 0 Å². The van der Waals surface area contributed by atoms with E-state index in [0.29, 0.717) is 13.1 Å². The summed E-state index contributed by atoms with van der Waals surface area (Å²) >= 11 is 0. The SMILES string of the molecule is CCn1nc(C)c(CNC(=O)NCC(c2ccccc2)N2CCCC2)c1C. The second kappa shape index (κ2) is 9.04. The van der Waals surface area contributed by atoms with Gasteiger partial charge in [0.2, 0.25) is 0 Å². The maximum absolute atomic E-state index is 12.4. The number of likely N-dealkylation sites (tertiary alicyclic amines) is 1. The normalized spacial score (nSPS) is 15.7.